The smallest absolute Gasteiger partial charge is 0.264 e. The van der Waals surface area contributed by atoms with Crippen molar-refractivity contribution in [1.29, 1.82) is 0 Å². The molecule has 4 nitrogen and oxygen atoms in total. The van der Waals surface area contributed by atoms with Crippen LogP contribution in [0.5, 0.6) is 0 Å². The van der Waals surface area contributed by atoms with Crippen molar-refractivity contribution in [3.63, 3.8) is 0 Å². The Balaban J connectivity index is 2.05. The summed E-state index contributed by atoms with van der Waals surface area (Å²) in [4.78, 5) is 27.8. The van der Waals surface area contributed by atoms with Crippen LogP contribution in [0.15, 0.2) is 34.8 Å². The summed E-state index contributed by atoms with van der Waals surface area (Å²) in [5, 5.41) is 11.4. The summed E-state index contributed by atoms with van der Waals surface area (Å²) in [6, 6.07) is 9.31. The molecule has 1 aliphatic heterocycles. The van der Waals surface area contributed by atoms with Gasteiger partial charge in [-0.1, -0.05) is 40.5 Å². The van der Waals surface area contributed by atoms with Crippen LogP contribution in [0.1, 0.15) is 52.4 Å². The Morgan fingerprint density at radius 2 is 1.78 bits per heavy atom. The monoisotopic (exact) mass is 429 g/mol. The van der Waals surface area contributed by atoms with Crippen molar-refractivity contribution in [3.8, 4) is 0 Å². The topological polar surface area (TPSA) is 57.6 Å². The van der Waals surface area contributed by atoms with Crippen LogP contribution >= 0.6 is 15.9 Å². The van der Waals surface area contributed by atoms with Crippen LogP contribution < -0.4 is 4.90 Å². The second-order valence-corrected chi connectivity index (χ2v) is 8.27. The number of nitrogens with zero attached hydrogens (tertiary/aromatic N) is 1. The van der Waals surface area contributed by atoms with Gasteiger partial charge < -0.3 is 10.0 Å². The molecule has 0 aromatic heterocycles. The Morgan fingerprint density at radius 1 is 1.15 bits per heavy atom. The van der Waals surface area contributed by atoms with Crippen LogP contribution in [0, 0.1) is 20.8 Å². The number of Topliss-reactive ketones (excluding diaryl/α,β-unsaturated/α-hetero) is 1. The van der Waals surface area contributed by atoms with Crippen molar-refractivity contribution in [2.45, 2.75) is 46.1 Å². The van der Waals surface area contributed by atoms with E-state index in [-0.39, 0.29) is 12.2 Å². The average molecular weight is 430 g/mol. The van der Waals surface area contributed by atoms with Crippen LogP contribution in [-0.2, 0) is 10.4 Å². The minimum Gasteiger partial charge on any atom is -0.375 e. The Labute approximate surface area is 168 Å². The highest BCUT2D eigenvalue weighted by molar-refractivity contribution is 9.10. The lowest BCUT2D eigenvalue weighted by Crippen LogP contribution is -2.42. The normalized spacial score (nSPS) is 18.7. The average Bonchev–Trinajstić information content (AvgIpc) is 2.76. The van der Waals surface area contributed by atoms with Crippen molar-refractivity contribution in [1.82, 2.24) is 0 Å². The molecule has 1 aliphatic rings. The third kappa shape index (κ3) is 3.34. The number of halogens is 1. The number of rotatable bonds is 5. The summed E-state index contributed by atoms with van der Waals surface area (Å²) in [6.45, 7) is 8.25. The van der Waals surface area contributed by atoms with Crippen LogP contribution in [-0.4, -0.2) is 23.3 Å². The summed E-state index contributed by atoms with van der Waals surface area (Å²) < 4.78 is 0.765. The third-order valence-corrected chi connectivity index (χ3v) is 5.61. The Kier molecular flexibility index (Phi) is 5.28. The Bertz CT molecular complexity index is 914. The van der Waals surface area contributed by atoms with Crippen molar-refractivity contribution >= 4 is 33.3 Å². The van der Waals surface area contributed by atoms with E-state index in [1.807, 2.05) is 52.0 Å². The van der Waals surface area contributed by atoms with E-state index in [4.69, 9.17) is 0 Å². The highest BCUT2D eigenvalue weighted by atomic mass is 79.9. The number of hydrogen-bond acceptors (Lipinski definition) is 3. The van der Waals surface area contributed by atoms with Gasteiger partial charge in [0.05, 0.1) is 12.1 Å². The number of anilines is 1. The lowest BCUT2D eigenvalue weighted by Gasteiger charge is -2.23. The summed E-state index contributed by atoms with van der Waals surface area (Å²) in [6.07, 6.45) is 0.502. The lowest BCUT2D eigenvalue weighted by atomic mass is 9.85. The second-order valence-electron chi connectivity index (χ2n) is 7.35. The number of ketones is 1. The van der Waals surface area contributed by atoms with Crippen LogP contribution in [0.3, 0.4) is 0 Å². The number of hydrogen-bond donors (Lipinski definition) is 1. The molecule has 1 heterocycles. The molecule has 1 atom stereocenters. The first kappa shape index (κ1) is 19.8. The van der Waals surface area contributed by atoms with Gasteiger partial charge in [0, 0.05) is 22.1 Å². The summed E-state index contributed by atoms with van der Waals surface area (Å²) in [5.41, 5.74) is 2.74. The molecule has 1 amide bonds. The van der Waals surface area contributed by atoms with Crippen molar-refractivity contribution in [3.05, 3.63) is 62.6 Å². The zero-order valence-corrected chi connectivity index (χ0v) is 17.7. The lowest BCUT2D eigenvalue weighted by molar-refractivity contribution is -0.135. The largest absolute Gasteiger partial charge is 0.375 e. The quantitative estimate of drug-likeness (QED) is 0.706. The molecular weight excluding hydrogens is 406 g/mol. The number of carbonyl (C=O) groups is 2. The summed E-state index contributed by atoms with van der Waals surface area (Å²) in [7, 11) is 0. The molecule has 1 unspecified atom stereocenters. The van der Waals surface area contributed by atoms with E-state index in [2.05, 4.69) is 15.9 Å². The van der Waals surface area contributed by atoms with Crippen molar-refractivity contribution in [2.24, 2.45) is 0 Å². The number of fused-ring (bicyclic) bond motifs is 1. The van der Waals surface area contributed by atoms with Gasteiger partial charge >= 0.3 is 0 Å². The fraction of sp³-hybridized carbons (Fsp3) is 0.364. The van der Waals surface area contributed by atoms with E-state index in [0.29, 0.717) is 23.4 Å². The Hall–Kier alpha value is -1.98. The minimum atomic E-state index is -1.84. The molecule has 0 bridgehead atoms. The van der Waals surface area contributed by atoms with Gasteiger partial charge in [0.1, 0.15) is 0 Å². The first-order valence-electron chi connectivity index (χ1n) is 9.14. The van der Waals surface area contributed by atoms with E-state index in [1.165, 1.54) is 0 Å². The zero-order chi connectivity index (χ0) is 19.9. The predicted molar refractivity (Wildman–Crippen MR) is 110 cm³/mol. The molecule has 5 heteroatoms. The zero-order valence-electron chi connectivity index (χ0n) is 16.1. The van der Waals surface area contributed by atoms with Gasteiger partial charge in [-0.25, -0.2) is 0 Å². The maximum absolute atomic E-state index is 13.1. The van der Waals surface area contributed by atoms with E-state index >= 15 is 0 Å². The number of amides is 1. The van der Waals surface area contributed by atoms with Crippen LogP contribution in [0.25, 0.3) is 0 Å². The molecule has 0 saturated heterocycles. The molecule has 0 saturated carbocycles. The van der Waals surface area contributed by atoms with Gasteiger partial charge in [0.15, 0.2) is 11.4 Å². The van der Waals surface area contributed by atoms with Crippen LogP contribution in [0.4, 0.5) is 5.69 Å². The van der Waals surface area contributed by atoms with Gasteiger partial charge in [0.2, 0.25) is 0 Å². The molecule has 2 aromatic carbocycles. The summed E-state index contributed by atoms with van der Waals surface area (Å²) >= 11 is 3.41. The molecule has 142 valence electrons. The van der Waals surface area contributed by atoms with E-state index in [0.717, 1.165) is 27.6 Å². The molecule has 0 aliphatic carbocycles. The number of benzene rings is 2. The minimum absolute atomic E-state index is 0.217. The van der Waals surface area contributed by atoms with Gasteiger partial charge in [-0.05, 0) is 56.5 Å². The molecule has 27 heavy (non-hydrogen) atoms. The predicted octanol–water partition coefficient (Wildman–Crippen LogP) is 4.59. The molecule has 0 spiro atoms. The number of carbonyl (C=O) groups excluding carboxylic acids is 2. The van der Waals surface area contributed by atoms with E-state index in [9.17, 15) is 14.7 Å². The van der Waals surface area contributed by atoms with Gasteiger partial charge in [-0.2, -0.15) is 0 Å². The van der Waals surface area contributed by atoms with Crippen molar-refractivity contribution < 1.29 is 14.7 Å². The number of aliphatic hydroxyl groups is 1. The molecule has 0 fully saturated rings. The third-order valence-electron chi connectivity index (χ3n) is 5.11. The summed E-state index contributed by atoms with van der Waals surface area (Å²) in [5.74, 6) is -0.640. The van der Waals surface area contributed by atoms with Crippen LogP contribution in [0.2, 0.25) is 0 Å². The molecule has 1 N–H and O–H groups in total. The van der Waals surface area contributed by atoms with Crippen molar-refractivity contribution in [2.75, 3.05) is 11.4 Å². The van der Waals surface area contributed by atoms with Gasteiger partial charge in [-0.3, -0.25) is 9.59 Å². The highest BCUT2D eigenvalue weighted by Crippen LogP contribution is 2.44. The Morgan fingerprint density at radius 3 is 2.37 bits per heavy atom. The number of aryl methyl sites for hydroxylation is 3. The second kappa shape index (κ2) is 7.21. The van der Waals surface area contributed by atoms with E-state index in [1.54, 1.807) is 11.0 Å². The standard InChI is InChI=1S/C22H24BrNO3/c1-5-8-24-18-7-6-16(23)11-17(18)22(27,21(24)26)12-19(25)20-14(3)9-13(2)10-15(20)4/h6-7,9-11,27H,5,8,12H2,1-4H3. The first-order valence-corrected chi connectivity index (χ1v) is 9.93. The molecule has 3 rings (SSSR count). The molecular formula is C22H24BrNO3. The van der Waals surface area contributed by atoms with E-state index < -0.39 is 11.5 Å². The molecule has 2 aromatic rings. The highest BCUT2D eigenvalue weighted by Gasteiger charge is 2.50. The fourth-order valence-electron chi connectivity index (χ4n) is 4.08. The van der Waals surface area contributed by atoms with Gasteiger partial charge in [-0.15, -0.1) is 0 Å². The fourth-order valence-corrected chi connectivity index (χ4v) is 4.44. The molecule has 0 radical (unpaired) electrons. The first-order chi connectivity index (χ1) is 12.7. The SMILES string of the molecule is CCCN1C(=O)C(O)(CC(=O)c2c(C)cc(C)cc2C)c2cc(Br)ccc21. The maximum Gasteiger partial charge on any atom is 0.264 e. The maximum atomic E-state index is 13.1. The van der Waals surface area contributed by atoms with Gasteiger partial charge in [0.25, 0.3) is 5.91 Å².